The van der Waals surface area contributed by atoms with E-state index in [2.05, 4.69) is 9.72 Å². The van der Waals surface area contributed by atoms with Crippen molar-refractivity contribution < 1.29 is 22.7 Å². The fraction of sp³-hybridized carbons (Fsp3) is 0.500. The molecule has 0 spiro atoms. The average molecular weight is 239 g/mol. The van der Waals surface area contributed by atoms with Gasteiger partial charge in [-0.05, 0) is 0 Å². The van der Waals surface area contributed by atoms with Gasteiger partial charge in [-0.1, -0.05) is 0 Å². The van der Waals surface area contributed by atoms with Crippen LogP contribution in [0.4, 0.5) is 13.2 Å². The predicted octanol–water partition coefficient (Wildman–Crippen LogP) is 1.83. The molecule has 0 aliphatic carbocycles. The highest BCUT2D eigenvalue weighted by atomic mass is 32.1. The van der Waals surface area contributed by atoms with Crippen LogP contribution in [0.5, 0.6) is 0 Å². The van der Waals surface area contributed by atoms with E-state index in [4.69, 9.17) is 0 Å². The van der Waals surface area contributed by atoms with E-state index < -0.39 is 25.2 Å². The van der Waals surface area contributed by atoms with Crippen molar-refractivity contribution in [2.45, 2.75) is 12.6 Å². The number of hydrogen-bond donors (Lipinski definition) is 0. The summed E-state index contributed by atoms with van der Waals surface area (Å²) in [6, 6.07) is 0. The lowest BCUT2D eigenvalue weighted by molar-refractivity contribution is -0.175. The fourth-order valence-corrected chi connectivity index (χ4v) is 1.49. The summed E-state index contributed by atoms with van der Waals surface area (Å²) in [6.45, 7) is -1.92. The Balaban J connectivity index is 2.20. The summed E-state index contributed by atoms with van der Waals surface area (Å²) in [5.74, 6) is -0.408. The van der Waals surface area contributed by atoms with Crippen LogP contribution in [0.2, 0.25) is 0 Å². The number of thiazole rings is 1. The molecule has 7 heteroatoms. The number of alkyl halides is 3. The van der Waals surface area contributed by atoms with E-state index in [1.807, 2.05) is 0 Å². The van der Waals surface area contributed by atoms with Gasteiger partial charge in [0.15, 0.2) is 5.78 Å². The first-order valence-electron chi connectivity index (χ1n) is 4.02. The third-order valence-corrected chi connectivity index (χ3v) is 2.14. The van der Waals surface area contributed by atoms with Crippen LogP contribution in [-0.2, 0) is 16.0 Å². The lowest BCUT2D eigenvalue weighted by atomic mass is 10.3. The first-order valence-corrected chi connectivity index (χ1v) is 4.90. The summed E-state index contributed by atoms with van der Waals surface area (Å²) < 4.78 is 39.1. The molecule has 3 nitrogen and oxygen atoms in total. The molecule has 84 valence electrons. The lowest BCUT2D eigenvalue weighted by Crippen LogP contribution is -2.21. The van der Waals surface area contributed by atoms with Gasteiger partial charge in [-0.3, -0.25) is 4.79 Å². The van der Waals surface area contributed by atoms with Gasteiger partial charge in [-0.15, -0.1) is 11.3 Å². The number of carbonyl (C=O) groups is 1. The molecule has 1 aromatic heterocycles. The summed E-state index contributed by atoms with van der Waals surface area (Å²) in [4.78, 5) is 14.9. The van der Waals surface area contributed by atoms with Gasteiger partial charge in [0.25, 0.3) is 0 Å². The summed E-state index contributed by atoms with van der Waals surface area (Å²) in [5, 5.41) is 2.27. The highest BCUT2D eigenvalue weighted by molar-refractivity contribution is 7.09. The van der Waals surface area contributed by atoms with Crippen molar-refractivity contribution in [2.24, 2.45) is 0 Å². The van der Waals surface area contributed by atoms with Crippen LogP contribution >= 0.6 is 11.3 Å². The van der Waals surface area contributed by atoms with Crippen LogP contribution in [0.3, 0.4) is 0 Å². The van der Waals surface area contributed by atoms with Gasteiger partial charge in [0.1, 0.15) is 13.2 Å². The molecule has 0 radical (unpaired) electrons. The molecule has 0 N–H and O–H groups in total. The van der Waals surface area contributed by atoms with Gasteiger partial charge < -0.3 is 4.74 Å². The van der Waals surface area contributed by atoms with Crippen molar-refractivity contribution in [3.8, 4) is 0 Å². The summed E-state index contributed by atoms with van der Waals surface area (Å²) in [5.41, 5.74) is 0. The van der Waals surface area contributed by atoms with E-state index in [0.29, 0.717) is 5.01 Å². The maximum absolute atomic E-state index is 11.6. The Labute approximate surface area is 87.9 Å². The Bertz CT molecular complexity index is 310. The second kappa shape index (κ2) is 5.22. The molecule has 1 aromatic rings. The molecule has 0 aromatic carbocycles. The van der Waals surface area contributed by atoms with E-state index in [0.717, 1.165) is 0 Å². The Kier molecular flexibility index (Phi) is 4.22. The Morgan fingerprint density at radius 3 is 2.80 bits per heavy atom. The van der Waals surface area contributed by atoms with Crippen LogP contribution in [0, 0.1) is 0 Å². The van der Waals surface area contributed by atoms with Crippen LogP contribution in [-0.4, -0.2) is 30.2 Å². The fourth-order valence-electron chi connectivity index (χ4n) is 0.841. The van der Waals surface area contributed by atoms with Crippen molar-refractivity contribution in [3.05, 3.63) is 16.6 Å². The molecule has 1 rings (SSSR count). The van der Waals surface area contributed by atoms with E-state index in [1.54, 1.807) is 5.38 Å². The van der Waals surface area contributed by atoms with E-state index in [1.165, 1.54) is 17.5 Å². The molecule has 0 saturated heterocycles. The zero-order chi connectivity index (χ0) is 11.3. The van der Waals surface area contributed by atoms with Crippen LogP contribution in [0.15, 0.2) is 11.6 Å². The number of aromatic nitrogens is 1. The minimum atomic E-state index is -4.39. The van der Waals surface area contributed by atoms with E-state index in [-0.39, 0.29) is 6.42 Å². The van der Waals surface area contributed by atoms with Gasteiger partial charge >= 0.3 is 6.18 Å². The van der Waals surface area contributed by atoms with Gasteiger partial charge in [-0.2, -0.15) is 13.2 Å². The van der Waals surface area contributed by atoms with Crippen molar-refractivity contribution in [1.29, 1.82) is 0 Å². The van der Waals surface area contributed by atoms with Crippen LogP contribution < -0.4 is 0 Å². The number of ketones is 1. The minimum Gasteiger partial charge on any atom is -0.364 e. The normalized spacial score (nSPS) is 11.7. The molecule has 0 saturated carbocycles. The number of nitrogens with zero attached hydrogens (tertiary/aromatic N) is 1. The molecule has 0 atom stereocenters. The highest BCUT2D eigenvalue weighted by Crippen LogP contribution is 2.14. The lowest BCUT2D eigenvalue weighted by Gasteiger charge is -2.05. The highest BCUT2D eigenvalue weighted by Gasteiger charge is 2.27. The Hall–Kier alpha value is -0.950. The van der Waals surface area contributed by atoms with Crippen LogP contribution in [0.1, 0.15) is 5.01 Å². The van der Waals surface area contributed by atoms with Gasteiger partial charge in [0.2, 0.25) is 0 Å². The standard InChI is InChI=1S/C8H8F3NO2S/c9-8(10,11)5-14-4-6(13)3-7-12-1-2-15-7/h1-2H,3-5H2. The Morgan fingerprint density at radius 2 is 2.27 bits per heavy atom. The molecule has 0 bridgehead atoms. The first kappa shape index (κ1) is 12.1. The Morgan fingerprint density at radius 1 is 1.53 bits per heavy atom. The molecular weight excluding hydrogens is 231 g/mol. The number of ether oxygens (including phenoxy) is 1. The molecule has 1 heterocycles. The summed E-state index contributed by atoms with van der Waals surface area (Å²) >= 11 is 1.28. The molecule has 0 unspecified atom stereocenters. The topological polar surface area (TPSA) is 39.2 Å². The third-order valence-electron chi connectivity index (χ3n) is 1.36. The predicted molar refractivity (Wildman–Crippen MR) is 47.7 cm³/mol. The van der Waals surface area contributed by atoms with E-state index in [9.17, 15) is 18.0 Å². The van der Waals surface area contributed by atoms with Gasteiger partial charge in [0, 0.05) is 11.6 Å². The van der Waals surface area contributed by atoms with Crippen molar-refractivity contribution in [2.75, 3.05) is 13.2 Å². The molecule has 15 heavy (non-hydrogen) atoms. The molecule has 0 aliphatic rings. The second-order valence-corrected chi connectivity index (χ2v) is 3.73. The quantitative estimate of drug-likeness (QED) is 0.787. The smallest absolute Gasteiger partial charge is 0.364 e. The number of rotatable bonds is 5. The number of hydrogen-bond acceptors (Lipinski definition) is 4. The monoisotopic (exact) mass is 239 g/mol. The molecule has 0 aliphatic heterocycles. The van der Waals surface area contributed by atoms with Crippen molar-refractivity contribution >= 4 is 17.1 Å². The number of carbonyl (C=O) groups excluding carboxylic acids is 1. The van der Waals surface area contributed by atoms with Gasteiger partial charge in [-0.25, -0.2) is 4.98 Å². The number of halogens is 3. The zero-order valence-electron chi connectivity index (χ0n) is 7.58. The SMILES string of the molecule is O=C(COCC(F)(F)F)Cc1nccs1. The van der Waals surface area contributed by atoms with Crippen molar-refractivity contribution in [3.63, 3.8) is 0 Å². The van der Waals surface area contributed by atoms with E-state index >= 15 is 0 Å². The minimum absolute atomic E-state index is 0.0233. The zero-order valence-corrected chi connectivity index (χ0v) is 8.40. The largest absolute Gasteiger partial charge is 0.411 e. The summed E-state index contributed by atoms with van der Waals surface area (Å²) in [6.07, 6.45) is -2.83. The average Bonchev–Trinajstić information content (AvgIpc) is 2.54. The molecule has 0 amide bonds. The van der Waals surface area contributed by atoms with Crippen LogP contribution in [0.25, 0.3) is 0 Å². The first-order chi connectivity index (χ1) is 6.97. The maximum atomic E-state index is 11.6. The number of Topliss-reactive ketones (excluding diaryl/α,β-unsaturated/α-hetero) is 1. The van der Waals surface area contributed by atoms with Gasteiger partial charge in [0.05, 0.1) is 11.4 Å². The summed E-state index contributed by atoms with van der Waals surface area (Å²) in [7, 11) is 0. The molecule has 0 fully saturated rings. The maximum Gasteiger partial charge on any atom is 0.411 e. The molecular formula is C8H8F3NO2S. The second-order valence-electron chi connectivity index (χ2n) is 2.75. The third kappa shape index (κ3) is 5.48. The van der Waals surface area contributed by atoms with Crippen molar-refractivity contribution in [1.82, 2.24) is 4.98 Å².